The van der Waals surface area contributed by atoms with Crippen LogP contribution in [0.25, 0.3) is 11.4 Å². The van der Waals surface area contributed by atoms with E-state index in [1.54, 1.807) is 14.2 Å². The van der Waals surface area contributed by atoms with Crippen LogP contribution in [-0.4, -0.2) is 35.3 Å². The molecule has 0 aliphatic heterocycles. The third-order valence-corrected chi connectivity index (χ3v) is 4.26. The second-order valence-corrected chi connectivity index (χ2v) is 6.11. The molecule has 1 aromatic heterocycles. The van der Waals surface area contributed by atoms with Gasteiger partial charge in [-0.1, -0.05) is 0 Å². The number of ether oxygens (including phenoxy) is 2. The number of nitrogens with two attached hydrogens (primary N) is 1. The van der Waals surface area contributed by atoms with E-state index in [1.807, 2.05) is 42.5 Å². The number of rotatable bonds is 8. The molecule has 9 heteroatoms. The van der Waals surface area contributed by atoms with Crippen LogP contribution in [0.4, 0.5) is 5.69 Å². The number of amides is 1. The molecule has 8 nitrogen and oxygen atoms in total. The van der Waals surface area contributed by atoms with Crippen molar-refractivity contribution in [1.29, 1.82) is 0 Å². The monoisotopic (exact) mass is 417 g/mol. The van der Waals surface area contributed by atoms with Crippen LogP contribution in [0, 0.1) is 0 Å². The zero-order chi connectivity index (χ0) is 19.9. The van der Waals surface area contributed by atoms with Gasteiger partial charge in [0.05, 0.1) is 20.8 Å². The van der Waals surface area contributed by atoms with E-state index in [2.05, 4.69) is 20.5 Å². The topological polar surface area (TPSA) is 115 Å². The molecule has 0 aliphatic carbocycles. The third-order valence-electron chi connectivity index (χ3n) is 4.26. The van der Waals surface area contributed by atoms with Crippen LogP contribution >= 0.6 is 12.4 Å². The normalized spacial score (nSPS) is 10.2. The minimum atomic E-state index is -0.0825. The number of methoxy groups -OCH3 is 2. The molecule has 0 spiro atoms. The highest BCUT2D eigenvalue weighted by atomic mass is 35.5. The van der Waals surface area contributed by atoms with Crippen molar-refractivity contribution < 1.29 is 14.3 Å². The van der Waals surface area contributed by atoms with Crippen molar-refractivity contribution in [1.82, 2.24) is 15.2 Å². The maximum Gasteiger partial charge on any atom is 0.224 e. The Hall–Kier alpha value is -3.10. The lowest BCUT2D eigenvalue weighted by Crippen LogP contribution is -2.12. The molecule has 3 rings (SSSR count). The molecule has 0 atom stereocenters. The Labute approximate surface area is 175 Å². The number of carbonyl (C=O) groups is 1. The molecule has 154 valence electrons. The van der Waals surface area contributed by atoms with E-state index in [4.69, 9.17) is 15.2 Å². The van der Waals surface area contributed by atoms with Gasteiger partial charge in [-0.15, -0.1) is 12.4 Å². The summed E-state index contributed by atoms with van der Waals surface area (Å²) in [5, 5.41) is 9.78. The van der Waals surface area contributed by atoms with Crippen molar-refractivity contribution in [3.63, 3.8) is 0 Å². The van der Waals surface area contributed by atoms with Crippen molar-refractivity contribution in [2.24, 2.45) is 5.73 Å². The van der Waals surface area contributed by atoms with E-state index in [-0.39, 0.29) is 18.3 Å². The van der Waals surface area contributed by atoms with E-state index in [0.717, 1.165) is 22.6 Å². The van der Waals surface area contributed by atoms with Crippen molar-refractivity contribution in [3.8, 4) is 22.9 Å². The Kier molecular flexibility index (Phi) is 7.99. The SMILES string of the molecule is COc1ccc(OC)c(CCC(=O)Nc2ccc(-c3n[nH]c(CN)n3)cc2)c1.Cl. The highest BCUT2D eigenvalue weighted by Crippen LogP contribution is 2.25. The van der Waals surface area contributed by atoms with Gasteiger partial charge >= 0.3 is 0 Å². The highest BCUT2D eigenvalue weighted by Gasteiger charge is 2.10. The molecule has 0 fully saturated rings. The summed E-state index contributed by atoms with van der Waals surface area (Å²) in [6.45, 7) is 0.305. The van der Waals surface area contributed by atoms with Gasteiger partial charge in [0, 0.05) is 17.7 Å². The van der Waals surface area contributed by atoms with Crippen molar-refractivity contribution >= 4 is 24.0 Å². The minimum absolute atomic E-state index is 0. The van der Waals surface area contributed by atoms with Crippen LogP contribution in [-0.2, 0) is 17.8 Å². The van der Waals surface area contributed by atoms with Gasteiger partial charge in [-0.3, -0.25) is 9.89 Å². The lowest BCUT2D eigenvalue weighted by molar-refractivity contribution is -0.116. The second kappa shape index (κ2) is 10.4. The standard InChI is InChI=1S/C20H23N5O3.ClH/c1-27-16-8-9-17(28-2)14(11-16)5-10-19(26)22-15-6-3-13(4-7-15)20-23-18(12-21)24-25-20;/h3-4,6-9,11H,5,10,12,21H2,1-2H3,(H,22,26)(H,23,24,25);1H. The summed E-state index contributed by atoms with van der Waals surface area (Å²) in [4.78, 5) is 16.6. The average molecular weight is 418 g/mol. The van der Waals surface area contributed by atoms with Gasteiger partial charge < -0.3 is 20.5 Å². The van der Waals surface area contributed by atoms with Crippen molar-refractivity contribution in [2.75, 3.05) is 19.5 Å². The first-order valence-corrected chi connectivity index (χ1v) is 8.85. The van der Waals surface area contributed by atoms with Crippen molar-refractivity contribution in [3.05, 3.63) is 53.9 Å². The number of anilines is 1. The lowest BCUT2D eigenvalue weighted by atomic mass is 10.1. The molecule has 0 bridgehead atoms. The lowest BCUT2D eigenvalue weighted by Gasteiger charge is -2.11. The molecule has 0 saturated carbocycles. The van der Waals surface area contributed by atoms with E-state index in [0.29, 0.717) is 36.7 Å². The summed E-state index contributed by atoms with van der Waals surface area (Å²) in [6.07, 6.45) is 0.870. The molecule has 0 unspecified atom stereocenters. The molecule has 3 aromatic rings. The first-order chi connectivity index (χ1) is 13.6. The first-order valence-electron chi connectivity index (χ1n) is 8.85. The number of nitrogens with zero attached hydrogens (tertiary/aromatic N) is 2. The second-order valence-electron chi connectivity index (χ2n) is 6.11. The summed E-state index contributed by atoms with van der Waals surface area (Å²) >= 11 is 0. The van der Waals surface area contributed by atoms with Gasteiger partial charge in [0.25, 0.3) is 0 Å². The predicted molar refractivity (Wildman–Crippen MR) is 113 cm³/mol. The number of benzene rings is 2. The number of nitrogens with one attached hydrogen (secondary N) is 2. The Morgan fingerprint density at radius 3 is 2.52 bits per heavy atom. The summed E-state index contributed by atoms with van der Waals surface area (Å²) in [5.74, 6) is 2.59. The molecule has 2 aromatic carbocycles. The number of hydrogen-bond donors (Lipinski definition) is 3. The highest BCUT2D eigenvalue weighted by molar-refractivity contribution is 5.91. The van der Waals surface area contributed by atoms with Crippen LogP contribution in [0.2, 0.25) is 0 Å². The summed E-state index contributed by atoms with van der Waals surface area (Å²) < 4.78 is 10.6. The molecule has 1 amide bonds. The zero-order valence-electron chi connectivity index (χ0n) is 16.3. The minimum Gasteiger partial charge on any atom is -0.497 e. The predicted octanol–water partition coefficient (Wildman–Crippen LogP) is 2.94. The van der Waals surface area contributed by atoms with Crippen LogP contribution in [0.5, 0.6) is 11.5 Å². The smallest absolute Gasteiger partial charge is 0.224 e. The molecule has 29 heavy (non-hydrogen) atoms. The summed E-state index contributed by atoms with van der Waals surface area (Å²) in [5.41, 5.74) is 8.00. The fourth-order valence-electron chi connectivity index (χ4n) is 2.77. The number of halogens is 1. The van der Waals surface area contributed by atoms with Crippen LogP contribution in [0.3, 0.4) is 0 Å². The molecule has 0 radical (unpaired) electrons. The molecular weight excluding hydrogens is 394 g/mol. The molecule has 4 N–H and O–H groups in total. The third kappa shape index (κ3) is 5.69. The van der Waals surface area contributed by atoms with E-state index < -0.39 is 0 Å². The maximum atomic E-state index is 12.3. The van der Waals surface area contributed by atoms with Crippen molar-refractivity contribution in [2.45, 2.75) is 19.4 Å². The Morgan fingerprint density at radius 2 is 1.90 bits per heavy atom. The molecule has 1 heterocycles. The average Bonchev–Trinajstić information content (AvgIpc) is 3.22. The van der Waals surface area contributed by atoms with Gasteiger partial charge in [0.2, 0.25) is 5.91 Å². The largest absolute Gasteiger partial charge is 0.497 e. The summed E-state index contributed by atoms with van der Waals surface area (Å²) in [6, 6.07) is 12.9. The maximum absolute atomic E-state index is 12.3. The molecular formula is C20H24ClN5O3. The Morgan fingerprint density at radius 1 is 1.14 bits per heavy atom. The van der Waals surface area contributed by atoms with E-state index in [9.17, 15) is 4.79 Å². The fourth-order valence-corrected chi connectivity index (χ4v) is 2.77. The Balaban J connectivity index is 0.00000300. The molecule has 0 saturated heterocycles. The number of aryl methyl sites for hydroxylation is 1. The van der Waals surface area contributed by atoms with Gasteiger partial charge in [-0.05, 0) is 54.4 Å². The van der Waals surface area contributed by atoms with Crippen LogP contribution in [0.1, 0.15) is 17.8 Å². The van der Waals surface area contributed by atoms with Gasteiger partial charge in [-0.2, -0.15) is 5.10 Å². The van der Waals surface area contributed by atoms with Crippen LogP contribution < -0.4 is 20.5 Å². The van der Waals surface area contributed by atoms with Gasteiger partial charge in [-0.25, -0.2) is 4.98 Å². The van der Waals surface area contributed by atoms with Gasteiger partial charge in [0.1, 0.15) is 17.3 Å². The Bertz CT molecular complexity index is 944. The number of carbonyl (C=O) groups excluding carboxylic acids is 1. The number of aromatic amines is 1. The molecule has 0 aliphatic rings. The first kappa shape index (κ1) is 22.2. The number of hydrogen-bond acceptors (Lipinski definition) is 6. The zero-order valence-corrected chi connectivity index (χ0v) is 17.1. The van der Waals surface area contributed by atoms with Crippen LogP contribution in [0.15, 0.2) is 42.5 Å². The quantitative estimate of drug-likeness (QED) is 0.519. The van der Waals surface area contributed by atoms with Gasteiger partial charge in [0.15, 0.2) is 5.82 Å². The number of aromatic nitrogens is 3. The number of H-pyrrole nitrogens is 1. The van der Waals surface area contributed by atoms with E-state index >= 15 is 0 Å². The van der Waals surface area contributed by atoms with E-state index in [1.165, 1.54) is 0 Å². The fraction of sp³-hybridized carbons (Fsp3) is 0.250. The summed E-state index contributed by atoms with van der Waals surface area (Å²) in [7, 11) is 3.22.